The van der Waals surface area contributed by atoms with E-state index in [4.69, 9.17) is 4.74 Å². The Bertz CT molecular complexity index is 926. The fraction of sp³-hybridized carbons (Fsp3) is 0.188. The predicted molar refractivity (Wildman–Crippen MR) is 84.7 cm³/mol. The Kier molecular flexibility index (Phi) is 3.84. The molecular formula is C16H16N4O3. The van der Waals surface area contributed by atoms with Gasteiger partial charge in [0.05, 0.1) is 7.11 Å². The molecule has 7 heteroatoms. The normalized spacial score (nSPS) is 10.7. The number of aromatic nitrogens is 3. The maximum Gasteiger partial charge on any atom is 0.272 e. The number of amides is 1. The van der Waals surface area contributed by atoms with Crippen molar-refractivity contribution < 1.29 is 9.53 Å². The van der Waals surface area contributed by atoms with Gasteiger partial charge in [0, 0.05) is 24.5 Å². The van der Waals surface area contributed by atoms with E-state index in [-0.39, 0.29) is 11.5 Å². The molecule has 0 fully saturated rings. The Hall–Kier alpha value is -3.09. The molecule has 0 radical (unpaired) electrons. The number of hydrogen-bond donors (Lipinski definition) is 2. The number of nitrogens with zero attached hydrogens (tertiary/aromatic N) is 2. The number of carbonyl (C=O) groups excluding carboxylic acids is 1. The van der Waals surface area contributed by atoms with Gasteiger partial charge in [0.2, 0.25) is 0 Å². The van der Waals surface area contributed by atoms with Gasteiger partial charge >= 0.3 is 0 Å². The summed E-state index contributed by atoms with van der Waals surface area (Å²) in [5, 5.41) is 5.56. The van der Waals surface area contributed by atoms with E-state index in [1.54, 1.807) is 14.0 Å². The second-order valence-electron chi connectivity index (χ2n) is 5.12. The van der Waals surface area contributed by atoms with E-state index in [9.17, 15) is 9.59 Å². The zero-order valence-corrected chi connectivity index (χ0v) is 12.8. The van der Waals surface area contributed by atoms with Crippen molar-refractivity contribution in [3.63, 3.8) is 0 Å². The van der Waals surface area contributed by atoms with Crippen LogP contribution in [0.25, 0.3) is 5.65 Å². The van der Waals surface area contributed by atoms with Crippen LogP contribution in [0.4, 0.5) is 0 Å². The zero-order chi connectivity index (χ0) is 16.4. The molecule has 23 heavy (non-hydrogen) atoms. The highest BCUT2D eigenvalue weighted by molar-refractivity contribution is 5.99. The lowest BCUT2D eigenvalue weighted by Gasteiger charge is -2.06. The van der Waals surface area contributed by atoms with Crippen LogP contribution in [-0.4, -0.2) is 27.6 Å². The molecule has 0 aliphatic carbocycles. The number of fused-ring (bicyclic) bond motifs is 1. The molecule has 2 heterocycles. The number of carbonyl (C=O) groups is 1. The predicted octanol–water partition coefficient (Wildman–Crippen LogP) is 1.27. The quantitative estimate of drug-likeness (QED) is 0.759. The Balaban J connectivity index is 1.82. The maximum absolute atomic E-state index is 12.4. The zero-order valence-electron chi connectivity index (χ0n) is 12.8. The molecule has 0 aliphatic rings. The van der Waals surface area contributed by atoms with Gasteiger partial charge in [-0.1, -0.05) is 12.1 Å². The molecular weight excluding hydrogens is 296 g/mol. The van der Waals surface area contributed by atoms with Gasteiger partial charge in [-0.3, -0.25) is 14.7 Å². The SMILES string of the molecule is COc1cccc(CNC(=O)c2c[nH]n3c(=O)cc(C)nc23)c1. The first-order valence-corrected chi connectivity index (χ1v) is 7.07. The first-order chi connectivity index (χ1) is 11.1. The third-order valence-electron chi connectivity index (χ3n) is 3.46. The second-order valence-corrected chi connectivity index (χ2v) is 5.12. The van der Waals surface area contributed by atoms with Crippen LogP contribution in [0.15, 0.2) is 41.3 Å². The van der Waals surface area contributed by atoms with Crippen molar-refractivity contribution in [2.24, 2.45) is 0 Å². The lowest BCUT2D eigenvalue weighted by atomic mass is 10.2. The molecule has 0 unspecified atom stereocenters. The minimum atomic E-state index is -0.302. The molecule has 0 saturated heterocycles. The first-order valence-electron chi connectivity index (χ1n) is 7.07. The Morgan fingerprint density at radius 3 is 3.00 bits per heavy atom. The van der Waals surface area contributed by atoms with Gasteiger partial charge in [-0.05, 0) is 24.6 Å². The van der Waals surface area contributed by atoms with Crippen molar-refractivity contribution in [3.05, 3.63) is 63.7 Å². The highest BCUT2D eigenvalue weighted by Gasteiger charge is 2.14. The fourth-order valence-electron chi connectivity index (χ4n) is 2.32. The number of ether oxygens (including phenoxy) is 1. The number of hydrogen-bond acceptors (Lipinski definition) is 4. The fourth-order valence-corrected chi connectivity index (χ4v) is 2.32. The number of methoxy groups -OCH3 is 1. The second kappa shape index (κ2) is 5.96. The monoisotopic (exact) mass is 312 g/mol. The standard InChI is InChI=1S/C16H16N4O3/c1-10-6-14(21)20-15(19-10)13(9-18-20)16(22)17-8-11-4-3-5-12(7-11)23-2/h3-7,9,18H,8H2,1-2H3,(H,17,22). The van der Waals surface area contributed by atoms with E-state index < -0.39 is 0 Å². The van der Waals surface area contributed by atoms with Crippen LogP contribution in [0.3, 0.4) is 0 Å². The van der Waals surface area contributed by atoms with Crippen LogP contribution in [0.5, 0.6) is 5.75 Å². The number of aromatic amines is 1. The van der Waals surface area contributed by atoms with Gasteiger partial charge in [0.25, 0.3) is 11.5 Å². The third kappa shape index (κ3) is 2.94. The Morgan fingerprint density at radius 1 is 1.39 bits per heavy atom. The Morgan fingerprint density at radius 2 is 2.22 bits per heavy atom. The first kappa shape index (κ1) is 14.8. The Labute approximate surface area is 131 Å². The molecule has 0 spiro atoms. The van der Waals surface area contributed by atoms with E-state index in [0.717, 1.165) is 11.3 Å². The van der Waals surface area contributed by atoms with Crippen LogP contribution in [0, 0.1) is 6.92 Å². The average molecular weight is 312 g/mol. The molecule has 2 aromatic heterocycles. The molecule has 3 aromatic rings. The molecule has 0 aliphatic heterocycles. The highest BCUT2D eigenvalue weighted by Crippen LogP contribution is 2.13. The van der Waals surface area contributed by atoms with Crippen LogP contribution in [-0.2, 0) is 6.54 Å². The summed E-state index contributed by atoms with van der Waals surface area (Å²) in [6.45, 7) is 2.07. The molecule has 0 saturated carbocycles. The minimum Gasteiger partial charge on any atom is -0.497 e. The number of aryl methyl sites for hydroxylation is 1. The van der Waals surface area contributed by atoms with E-state index >= 15 is 0 Å². The molecule has 0 atom stereocenters. The van der Waals surface area contributed by atoms with Gasteiger partial charge in [0.15, 0.2) is 5.65 Å². The number of H-pyrrole nitrogens is 1. The van der Waals surface area contributed by atoms with Crippen molar-refractivity contribution >= 4 is 11.6 Å². The van der Waals surface area contributed by atoms with Gasteiger partial charge in [-0.2, -0.15) is 0 Å². The summed E-state index contributed by atoms with van der Waals surface area (Å²) in [6, 6.07) is 8.84. The van der Waals surface area contributed by atoms with Gasteiger partial charge < -0.3 is 10.1 Å². The number of nitrogens with one attached hydrogen (secondary N) is 2. The average Bonchev–Trinajstić information content (AvgIpc) is 2.97. The smallest absolute Gasteiger partial charge is 0.272 e. The van der Waals surface area contributed by atoms with Gasteiger partial charge in [0.1, 0.15) is 11.3 Å². The van der Waals surface area contributed by atoms with Crippen molar-refractivity contribution in [3.8, 4) is 5.75 Å². The molecule has 7 nitrogen and oxygen atoms in total. The summed E-state index contributed by atoms with van der Waals surface area (Å²) < 4.78 is 6.40. The molecule has 0 bridgehead atoms. The van der Waals surface area contributed by atoms with E-state index in [0.29, 0.717) is 23.4 Å². The summed E-state index contributed by atoms with van der Waals surface area (Å²) in [5.74, 6) is 0.428. The summed E-state index contributed by atoms with van der Waals surface area (Å²) in [4.78, 5) is 28.4. The van der Waals surface area contributed by atoms with Gasteiger partial charge in [-0.15, -0.1) is 0 Å². The molecule has 118 valence electrons. The van der Waals surface area contributed by atoms with E-state index in [1.807, 2.05) is 24.3 Å². The van der Waals surface area contributed by atoms with Crippen LogP contribution < -0.4 is 15.6 Å². The largest absolute Gasteiger partial charge is 0.497 e. The molecule has 2 N–H and O–H groups in total. The minimum absolute atomic E-state index is 0.251. The molecule has 1 aromatic carbocycles. The van der Waals surface area contributed by atoms with Crippen molar-refractivity contribution in [2.45, 2.75) is 13.5 Å². The van der Waals surface area contributed by atoms with Crippen LogP contribution in [0.2, 0.25) is 0 Å². The van der Waals surface area contributed by atoms with Gasteiger partial charge in [-0.25, -0.2) is 9.50 Å². The van der Waals surface area contributed by atoms with E-state index in [1.165, 1.54) is 16.8 Å². The topological polar surface area (TPSA) is 88.5 Å². The van der Waals surface area contributed by atoms with Crippen molar-refractivity contribution in [2.75, 3.05) is 7.11 Å². The van der Waals surface area contributed by atoms with Crippen molar-refractivity contribution in [1.82, 2.24) is 19.9 Å². The van der Waals surface area contributed by atoms with Crippen molar-refractivity contribution in [1.29, 1.82) is 0 Å². The highest BCUT2D eigenvalue weighted by atomic mass is 16.5. The molecule has 3 rings (SSSR count). The summed E-state index contributed by atoms with van der Waals surface area (Å²) >= 11 is 0. The number of rotatable bonds is 4. The lowest BCUT2D eigenvalue weighted by molar-refractivity contribution is 0.0952. The maximum atomic E-state index is 12.4. The molecule has 1 amide bonds. The third-order valence-corrected chi connectivity index (χ3v) is 3.46. The lowest BCUT2D eigenvalue weighted by Crippen LogP contribution is -2.23. The van der Waals surface area contributed by atoms with Crippen LogP contribution in [0.1, 0.15) is 21.6 Å². The van der Waals surface area contributed by atoms with E-state index in [2.05, 4.69) is 15.4 Å². The summed E-state index contributed by atoms with van der Waals surface area (Å²) in [6.07, 6.45) is 1.48. The summed E-state index contributed by atoms with van der Waals surface area (Å²) in [7, 11) is 1.59. The summed E-state index contributed by atoms with van der Waals surface area (Å²) in [5.41, 5.74) is 1.88. The number of benzene rings is 1. The van der Waals surface area contributed by atoms with Crippen LogP contribution >= 0.6 is 0 Å².